The summed E-state index contributed by atoms with van der Waals surface area (Å²) in [4.78, 5) is 0. The summed E-state index contributed by atoms with van der Waals surface area (Å²) in [6.45, 7) is 3.23. The molecule has 0 aromatic rings. The summed E-state index contributed by atoms with van der Waals surface area (Å²) in [5, 5.41) is 1.11. The highest BCUT2D eigenvalue weighted by Crippen LogP contribution is 2.22. The van der Waals surface area contributed by atoms with Crippen LogP contribution in [0.5, 0.6) is 0 Å². The molecule has 0 saturated carbocycles. The van der Waals surface area contributed by atoms with E-state index in [1.165, 1.54) is 6.42 Å². The highest BCUT2D eigenvalue weighted by atomic mass is 79.9. The highest BCUT2D eigenvalue weighted by molar-refractivity contribution is 9.09. The molecule has 1 fully saturated rings. The van der Waals surface area contributed by atoms with E-state index in [1.54, 1.807) is 0 Å². The molecule has 1 rings (SSSR count). The molecular weight excluding hydrogens is 168 g/mol. The number of alkyl halides is 1. The van der Waals surface area contributed by atoms with Gasteiger partial charge in [0.15, 0.2) is 0 Å². The first-order valence-electron chi connectivity index (χ1n) is 3.02. The van der Waals surface area contributed by atoms with Crippen LogP contribution in [0.15, 0.2) is 0 Å². The predicted molar refractivity (Wildman–Crippen MR) is 37.3 cm³/mol. The average Bonchev–Trinajstić information content (AvgIpc) is 2.45. The Kier molecular flexibility index (Phi) is 2.32. The van der Waals surface area contributed by atoms with Crippen molar-refractivity contribution in [1.29, 1.82) is 0 Å². The van der Waals surface area contributed by atoms with Crippen LogP contribution in [0.4, 0.5) is 0 Å². The predicted octanol–water partition coefficient (Wildman–Crippen LogP) is 1.81. The second-order valence-electron chi connectivity index (χ2n) is 2.33. The molecule has 2 atom stereocenters. The standard InChI is InChI=1S/C6H11BrO/c1-5(2-3-7)6-4-8-6/h5-6H,2-4H2,1H3. The normalized spacial score (nSPS) is 30.0. The monoisotopic (exact) mass is 178 g/mol. The molecule has 1 aliphatic heterocycles. The van der Waals surface area contributed by atoms with Crippen molar-refractivity contribution in [1.82, 2.24) is 0 Å². The Morgan fingerprint density at radius 1 is 1.88 bits per heavy atom. The van der Waals surface area contributed by atoms with Crippen molar-refractivity contribution < 1.29 is 4.74 Å². The van der Waals surface area contributed by atoms with Gasteiger partial charge in [-0.2, -0.15) is 0 Å². The van der Waals surface area contributed by atoms with Crippen molar-refractivity contribution in [2.24, 2.45) is 5.92 Å². The van der Waals surface area contributed by atoms with Gasteiger partial charge in [-0.3, -0.25) is 0 Å². The van der Waals surface area contributed by atoms with Crippen LogP contribution in [-0.4, -0.2) is 18.0 Å². The summed E-state index contributed by atoms with van der Waals surface area (Å²) >= 11 is 3.39. The summed E-state index contributed by atoms with van der Waals surface area (Å²) in [6, 6.07) is 0. The molecule has 1 nitrogen and oxygen atoms in total. The van der Waals surface area contributed by atoms with Crippen molar-refractivity contribution in [3.8, 4) is 0 Å². The lowest BCUT2D eigenvalue weighted by Crippen LogP contribution is -2.02. The Morgan fingerprint density at radius 2 is 2.50 bits per heavy atom. The zero-order chi connectivity index (χ0) is 5.98. The van der Waals surface area contributed by atoms with Crippen LogP contribution >= 0.6 is 15.9 Å². The van der Waals surface area contributed by atoms with E-state index in [1.807, 2.05) is 0 Å². The van der Waals surface area contributed by atoms with Gasteiger partial charge in [-0.05, 0) is 12.3 Å². The van der Waals surface area contributed by atoms with Gasteiger partial charge in [0, 0.05) is 5.33 Å². The largest absolute Gasteiger partial charge is 0.373 e. The molecule has 1 aliphatic rings. The van der Waals surface area contributed by atoms with Crippen molar-refractivity contribution in [2.75, 3.05) is 11.9 Å². The third kappa shape index (κ3) is 1.75. The van der Waals surface area contributed by atoms with Gasteiger partial charge in [-0.15, -0.1) is 0 Å². The summed E-state index contributed by atoms with van der Waals surface area (Å²) in [5.74, 6) is 0.759. The van der Waals surface area contributed by atoms with E-state index >= 15 is 0 Å². The average molecular weight is 179 g/mol. The molecule has 0 aromatic carbocycles. The summed E-state index contributed by atoms with van der Waals surface area (Å²) in [7, 11) is 0. The molecule has 0 aromatic heterocycles. The Labute approximate surface area is 58.5 Å². The van der Waals surface area contributed by atoms with Gasteiger partial charge in [-0.1, -0.05) is 22.9 Å². The highest BCUT2D eigenvalue weighted by Gasteiger charge is 2.28. The number of ether oxygens (including phenoxy) is 1. The Bertz CT molecular complexity index is 70.9. The second-order valence-corrected chi connectivity index (χ2v) is 3.12. The molecule has 8 heavy (non-hydrogen) atoms. The van der Waals surface area contributed by atoms with Crippen molar-refractivity contribution >= 4 is 15.9 Å². The third-order valence-electron chi connectivity index (χ3n) is 1.56. The summed E-state index contributed by atoms with van der Waals surface area (Å²) < 4.78 is 5.10. The van der Waals surface area contributed by atoms with E-state index < -0.39 is 0 Å². The Hall–Kier alpha value is 0.440. The molecule has 1 heterocycles. The van der Waals surface area contributed by atoms with Crippen LogP contribution in [0.3, 0.4) is 0 Å². The molecule has 0 radical (unpaired) electrons. The molecule has 0 spiro atoms. The second kappa shape index (κ2) is 2.83. The maximum absolute atomic E-state index is 5.10. The van der Waals surface area contributed by atoms with Crippen LogP contribution < -0.4 is 0 Å². The fourth-order valence-electron chi connectivity index (χ4n) is 0.742. The first-order chi connectivity index (χ1) is 3.84. The van der Waals surface area contributed by atoms with Crippen LogP contribution in [0, 0.1) is 5.92 Å². The number of halogens is 1. The van der Waals surface area contributed by atoms with E-state index in [2.05, 4.69) is 22.9 Å². The lowest BCUT2D eigenvalue weighted by atomic mass is 10.1. The summed E-state index contributed by atoms with van der Waals surface area (Å²) in [5.41, 5.74) is 0. The minimum Gasteiger partial charge on any atom is -0.373 e. The van der Waals surface area contributed by atoms with Crippen LogP contribution in [-0.2, 0) is 4.74 Å². The zero-order valence-electron chi connectivity index (χ0n) is 5.06. The molecule has 1 saturated heterocycles. The van der Waals surface area contributed by atoms with Crippen LogP contribution in [0.2, 0.25) is 0 Å². The minimum atomic E-state index is 0.590. The van der Waals surface area contributed by atoms with Gasteiger partial charge >= 0.3 is 0 Å². The van der Waals surface area contributed by atoms with Gasteiger partial charge in [-0.25, -0.2) is 0 Å². The number of rotatable bonds is 3. The number of epoxide rings is 1. The van der Waals surface area contributed by atoms with Gasteiger partial charge in [0.1, 0.15) is 0 Å². The van der Waals surface area contributed by atoms with E-state index in [0.717, 1.165) is 17.9 Å². The number of hydrogen-bond donors (Lipinski definition) is 0. The van der Waals surface area contributed by atoms with Crippen LogP contribution in [0.1, 0.15) is 13.3 Å². The first-order valence-corrected chi connectivity index (χ1v) is 4.14. The lowest BCUT2D eigenvalue weighted by molar-refractivity contribution is 0.338. The topological polar surface area (TPSA) is 12.5 Å². The minimum absolute atomic E-state index is 0.590. The van der Waals surface area contributed by atoms with E-state index in [0.29, 0.717) is 6.10 Å². The van der Waals surface area contributed by atoms with Gasteiger partial charge in [0.05, 0.1) is 12.7 Å². The van der Waals surface area contributed by atoms with Crippen molar-refractivity contribution in [3.05, 3.63) is 0 Å². The fraction of sp³-hybridized carbons (Fsp3) is 1.00. The van der Waals surface area contributed by atoms with Crippen molar-refractivity contribution in [3.63, 3.8) is 0 Å². The van der Waals surface area contributed by atoms with Gasteiger partial charge < -0.3 is 4.74 Å². The van der Waals surface area contributed by atoms with Crippen molar-refractivity contribution in [2.45, 2.75) is 19.4 Å². The first kappa shape index (κ1) is 6.56. The maximum atomic E-state index is 5.10. The molecule has 0 N–H and O–H groups in total. The molecule has 2 unspecified atom stereocenters. The van der Waals surface area contributed by atoms with E-state index in [4.69, 9.17) is 4.74 Å². The summed E-state index contributed by atoms with van der Waals surface area (Å²) in [6.07, 6.45) is 1.83. The van der Waals surface area contributed by atoms with E-state index in [-0.39, 0.29) is 0 Å². The number of hydrogen-bond acceptors (Lipinski definition) is 1. The molecular formula is C6H11BrO. The smallest absolute Gasteiger partial charge is 0.0835 e. The fourth-order valence-corrected chi connectivity index (χ4v) is 1.46. The molecule has 48 valence electrons. The zero-order valence-corrected chi connectivity index (χ0v) is 6.65. The SMILES string of the molecule is CC(CCBr)C1CO1. The molecule has 0 aliphatic carbocycles. The van der Waals surface area contributed by atoms with E-state index in [9.17, 15) is 0 Å². The Balaban J connectivity index is 2.03. The maximum Gasteiger partial charge on any atom is 0.0835 e. The Morgan fingerprint density at radius 3 is 2.88 bits per heavy atom. The van der Waals surface area contributed by atoms with Gasteiger partial charge in [0.25, 0.3) is 0 Å². The quantitative estimate of drug-likeness (QED) is 0.475. The molecule has 0 amide bonds. The molecule has 2 heteroatoms. The molecule has 0 bridgehead atoms. The van der Waals surface area contributed by atoms with Crippen LogP contribution in [0.25, 0.3) is 0 Å². The third-order valence-corrected chi connectivity index (χ3v) is 2.02. The van der Waals surface area contributed by atoms with Gasteiger partial charge in [0.2, 0.25) is 0 Å². The lowest BCUT2D eigenvalue weighted by Gasteiger charge is -2.01.